The van der Waals surface area contributed by atoms with Gasteiger partial charge in [0.05, 0.1) is 0 Å². The van der Waals surface area contributed by atoms with Crippen molar-refractivity contribution in [3.05, 3.63) is 48.5 Å². The quantitative estimate of drug-likeness (QED) is 0.391. The fraction of sp³-hybridized carbons (Fsp3) is 0.143. The van der Waals surface area contributed by atoms with Crippen LogP contribution in [-0.2, 0) is 20.2 Å². The van der Waals surface area contributed by atoms with Crippen molar-refractivity contribution in [3.63, 3.8) is 0 Å². The van der Waals surface area contributed by atoms with E-state index in [1.54, 1.807) is 0 Å². The van der Waals surface area contributed by atoms with Crippen molar-refractivity contribution in [2.24, 2.45) is 0 Å². The van der Waals surface area contributed by atoms with Gasteiger partial charge < -0.3 is 8.37 Å². The number of para-hydroxylation sites is 2. The van der Waals surface area contributed by atoms with Crippen molar-refractivity contribution in [2.45, 2.75) is 11.0 Å². The molecule has 0 heterocycles. The number of halogens is 6. The van der Waals surface area contributed by atoms with Crippen LogP contribution in [0, 0.1) is 0 Å². The van der Waals surface area contributed by atoms with Crippen molar-refractivity contribution in [3.8, 4) is 22.6 Å². The predicted octanol–water partition coefficient (Wildman–Crippen LogP) is 3.81. The molecule has 154 valence electrons. The lowest BCUT2D eigenvalue weighted by Gasteiger charge is -2.16. The highest BCUT2D eigenvalue weighted by Gasteiger charge is 2.50. The van der Waals surface area contributed by atoms with E-state index in [9.17, 15) is 43.2 Å². The maximum atomic E-state index is 12.5. The third-order valence-electron chi connectivity index (χ3n) is 3.03. The molecular formula is C14H8F6O6S2. The van der Waals surface area contributed by atoms with Crippen LogP contribution in [-0.4, -0.2) is 27.9 Å². The lowest BCUT2D eigenvalue weighted by Crippen LogP contribution is -2.28. The molecule has 2 aromatic carbocycles. The Balaban J connectivity index is 2.58. The molecule has 14 heteroatoms. The Morgan fingerprint density at radius 3 is 1.14 bits per heavy atom. The Hall–Kier alpha value is -2.48. The molecule has 28 heavy (non-hydrogen) atoms. The summed E-state index contributed by atoms with van der Waals surface area (Å²) in [5.41, 5.74) is -12.4. The van der Waals surface area contributed by atoms with Crippen molar-refractivity contribution in [1.29, 1.82) is 0 Å². The van der Waals surface area contributed by atoms with E-state index >= 15 is 0 Å². The van der Waals surface area contributed by atoms with Gasteiger partial charge in [0.15, 0.2) is 11.5 Å². The third-order valence-corrected chi connectivity index (χ3v) is 4.96. The second kappa shape index (κ2) is 7.16. The summed E-state index contributed by atoms with van der Waals surface area (Å²) >= 11 is 0. The summed E-state index contributed by atoms with van der Waals surface area (Å²) in [5.74, 6) is -1.81. The van der Waals surface area contributed by atoms with Gasteiger partial charge in [-0.3, -0.25) is 0 Å². The first-order chi connectivity index (χ1) is 12.7. The summed E-state index contributed by atoms with van der Waals surface area (Å²) in [6.07, 6.45) is 0. The second-order valence-electron chi connectivity index (χ2n) is 4.96. The van der Waals surface area contributed by atoms with E-state index in [4.69, 9.17) is 0 Å². The first-order valence-electron chi connectivity index (χ1n) is 6.86. The molecule has 6 nitrogen and oxygen atoms in total. The first kappa shape index (κ1) is 21.8. The van der Waals surface area contributed by atoms with Crippen LogP contribution in [0.15, 0.2) is 48.5 Å². The smallest absolute Gasteiger partial charge is 0.375 e. The average Bonchev–Trinajstić information content (AvgIpc) is 2.53. The molecule has 0 unspecified atom stereocenters. The van der Waals surface area contributed by atoms with Crippen molar-refractivity contribution >= 4 is 20.2 Å². The highest BCUT2D eigenvalue weighted by atomic mass is 32.2. The molecule has 0 fully saturated rings. The largest absolute Gasteiger partial charge is 0.534 e. The number of hydrogen-bond acceptors (Lipinski definition) is 6. The van der Waals surface area contributed by atoms with Crippen LogP contribution in [0.4, 0.5) is 26.3 Å². The Morgan fingerprint density at radius 1 is 0.571 bits per heavy atom. The summed E-state index contributed by atoms with van der Waals surface area (Å²) in [6.45, 7) is 0. The van der Waals surface area contributed by atoms with Crippen LogP contribution < -0.4 is 8.37 Å². The molecule has 0 atom stereocenters. The highest BCUT2D eigenvalue weighted by Crippen LogP contribution is 2.40. The minimum absolute atomic E-state index is 0.455. The minimum atomic E-state index is -6.09. The monoisotopic (exact) mass is 450 g/mol. The molecule has 0 bridgehead atoms. The summed E-state index contributed by atoms with van der Waals surface area (Å²) in [4.78, 5) is 0. The zero-order valence-electron chi connectivity index (χ0n) is 13.2. The molecule has 0 radical (unpaired) electrons. The number of rotatable bonds is 5. The van der Waals surface area contributed by atoms with Gasteiger partial charge in [0.2, 0.25) is 0 Å². The number of benzene rings is 2. The Labute approximate surface area is 154 Å². The van der Waals surface area contributed by atoms with Crippen molar-refractivity contribution in [2.75, 3.05) is 0 Å². The lowest BCUT2D eigenvalue weighted by molar-refractivity contribution is -0.0505. The van der Waals surface area contributed by atoms with Crippen LogP contribution in [0.3, 0.4) is 0 Å². The molecule has 0 aromatic heterocycles. The molecule has 0 spiro atoms. The molecule has 0 aliphatic carbocycles. The molecule has 0 aliphatic heterocycles. The van der Waals surface area contributed by atoms with Crippen molar-refractivity contribution in [1.82, 2.24) is 0 Å². The van der Waals surface area contributed by atoms with Crippen LogP contribution in [0.1, 0.15) is 0 Å². The molecule has 0 aliphatic rings. The molecule has 0 saturated carbocycles. The van der Waals surface area contributed by atoms with E-state index in [-0.39, 0.29) is 0 Å². The minimum Gasteiger partial charge on any atom is -0.375 e. The molecule has 0 saturated heterocycles. The average molecular weight is 450 g/mol. The maximum Gasteiger partial charge on any atom is 0.534 e. The zero-order chi connectivity index (χ0) is 21.4. The van der Waals surface area contributed by atoms with Crippen LogP contribution >= 0.6 is 0 Å². The number of hydrogen-bond donors (Lipinski definition) is 0. The van der Waals surface area contributed by atoms with Gasteiger partial charge in [-0.1, -0.05) is 36.4 Å². The summed E-state index contributed by atoms with van der Waals surface area (Å²) in [6, 6.07) is 8.21. The van der Waals surface area contributed by atoms with Gasteiger partial charge in [0.1, 0.15) is 0 Å². The molecule has 2 aromatic rings. The van der Waals surface area contributed by atoms with Gasteiger partial charge in [-0.2, -0.15) is 43.2 Å². The van der Waals surface area contributed by atoms with E-state index in [1.165, 1.54) is 12.1 Å². The normalized spacial score (nSPS) is 13.2. The SMILES string of the molecule is O=S(=O)(Oc1ccccc1-c1ccccc1OS(=O)(=O)C(F)(F)F)C(F)(F)F. The molecule has 0 amide bonds. The van der Waals surface area contributed by atoms with Gasteiger partial charge in [0, 0.05) is 11.1 Å². The van der Waals surface area contributed by atoms with E-state index in [2.05, 4.69) is 8.37 Å². The van der Waals surface area contributed by atoms with Gasteiger partial charge >= 0.3 is 31.3 Å². The van der Waals surface area contributed by atoms with Gasteiger partial charge in [-0.05, 0) is 12.1 Å². The third kappa shape index (κ3) is 4.49. The number of alkyl halides is 6. The Morgan fingerprint density at radius 2 is 0.857 bits per heavy atom. The Kier molecular flexibility index (Phi) is 5.58. The van der Waals surface area contributed by atoms with Crippen LogP contribution in [0.5, 0.6) is 11.5 Å². The van der Waals surface area contributed by atoms with Gasteiger partial charge in [-0.15, -0.1) is 0 Å². The fourth-order valence-electron chi connectivity index (χ4n) is 1.85. The first-order valence-corrected chi connectivity index (χ1v) is 9.67. The molecular weight excluding hydrogens is 442 g/mol. The van der Waals surface area contributed by atoms with Gasteiger partial charge in [-0.25, -0.2) is 0 Å². The predicted molar refractivity (Wildman–Crippen MR) is 83.1 cm³/mol. The van der Waals surface area contributed by atoms with E-state index in [1.807, 2.05) is 0 Å². The summed E-state index contributed by atoms with van der Waals surface area (Å²) in [7, 11) is -12.2. The van der Waals surface area contributed by atoms with E-state index < -0.39 is 53.9 Å². The second-order valence-corrected chi connectivity index (χ2v) is 8.03. The molecule has 2 rings (SSSR count). The maximum absolute atomic E-state index is 12.5. The van der Waals surface area contributed by atoms with E-state index in [0.717, 1.165) is 36.4 Å². The Bertz CT molecular complexity index is 986. The van der Waals surface area contributed by atoms with Gasteiger partial charge in [0.25, 0.3) is 0 Å². The zero-order valence-corrected chi connectivity index (χ0v) is 14.8. The lowest BCUT2D eigenvalue weighted by atomic mass is 10.0. The standard InChI is InChI=1S/C14H8F6O6S2/c15-13(16,17)27(21,22)25-11-7-3-1-5-9(11)10-6-2-4-8-12(10)26-28(23,24)14(18,19)20/h1-8H. The highest BCUT2D eigenvalue weighted by molar-refractivity contribution is 7.88. The topological polar surface area (TPSA) is 86.7 Å². The fourth-order valence-corrected chi connectivity index (χ4v) is 2.81. The van der Waals surface area contributed by atoms with Crippen molar-refractivity contribution < 1.29 is 51.5 Å². The van der Waals surface area contributed by atoms with E-state index in [0.29, 0.717) is 0 Å². The van der Waals surface area contributed by atoms with Crippen LogP contribution in [0.2, 0.25) is 0 Å². The van der Waals surface area contributed by atoms with Crippen LogP contribution in [0.25, 0.3) is 11.1 Å². The summed E-state index contributed by atoms with van der Waals surface area (Å²) < 4.78 is 128. The molecule has 0 N–H and O–H groups in total. The summed E-state index contributed by atoms with van der Waals surface area (Å²) in [5, 5.41) is 0.